The van der Waals surface area contributed by atoms with Crippen molar-refractivity contribution in [3.63, 3.8) is 0 Å². The number of aryl methyl sites for hydroxylation is 3. The fourth-order valence-electron chi connectivity index (χ4n) is 6.81. The maximum atomic E-state index is 13.9. The van der Waals surface area contributed by atoms with E-state index in [0.29, 0.717) is 28.4 Å². The minimum atomic E-state index is -0.993. The number of thiophene rings is 1. The lowest BCUT2D eigenvalue weighted by Gasteiger charge is -2.25. The van der Waals surface area contributed by atoms with E-state index in [9.17, 15) is 29.1 Å². The smallest absolute Gasteiger partial charge is 0.335 e. The number of hydrogen-bond acceptors (Lipinski definition) is 6. The Kier molecular flexibility index (Phi) is 12.0. The Balaban J connectivity index is 1.09. The van der Waals surface area contributed by atoms with Crippen LogP contribution in [0.5, 0.6) is 0 Å². The second-order valence-electron chi connectivity index (χ2n) is 15.0. The van der Waals surface area contributed by atoms with Crippen molar-refractivity contribution in [2.45, 2.75) is 97.1 Å². The van der Waals surface area contributed by atoms with Gasteiger partial charge in [-0.05, 0) is 137 Å². The fourth-order valence-corrected chi connectivity index (χ4v) is 8.09. The van der Waals surface area contributed by atoms with E-state index in [1.807, 2.05) is 47.4 Å². The number of carbonyl (C=O) groups is 5. The van der Waals surface area contributed by atoms with Gasteiger partial charge in [0.25, 0.3) is 11.8 Å². The van der Waals surface area contributed by atoms with Gasteiger partial charge in [0.2, 0.25) is 5.91 Å². The summed E-state index contributed by atoms with van der Waals surface area (Å²) in [7, 11) is 0. The number of rotatable bonds is 16. The summed E-state index contributed by atoms with van der Waals surface area (Å²) >= 11 is 1.46. The van der Waals surface area contributed by atoms with E-state index in [-0.39, 0.29) is 42.2 Å². The zero-order valence-electron chi connectivity index (χ0n) is 30.8. The van der Waals surface area contributed by atoms with Crippen LogP contribution in [0.4, 0.5) is 10.7 Å². The van der Waals surface area contributed by atoms with Crippen molar-refractivity contribution < 1.29 is 34.2 Å². The molecule has 0 aliphatic heterocycles. The Morgan fingerprint density at radius 2 is 1.46 bits per heavy atom. The first-order valence-corrected chi connectivity index (χ1v) is 19.5. The molecule has 0 spiro atoms. The Morgan fingerprint density at radius 1 is 0.796 bits per heavy atom. The first kappa shape index (κ1) is 38.4. The third kappa shape index (κ3) is 9.62. The first-order chi connectivity index (χ1) is 25.9. The van der Waals surface area contributed by atoms with Gasteiger partial charge in [0.15, 0.2) is 0 Å². The fraction of sp³-hybridized carbons (Fsp3) is 0.372. The van der Waals surface area contributed by atoms with Gasteiger partial charge in [0.05, 0.1) is 16.5 Å². The number of carboxylic acids is 2. The molecular weight excluding hydrogens is 703 g/mol. The molecule has 3 amide bonds. The highest BCUT2D eigenvalue weighted by atomic mass is 32.1. The van der Waals surface area contributed by atoms with Gasteiger partial charge in [-0.2, -0.15) is 0 Å². The summed E-state index contributed by atoms with van der Waals surface area (Å²) in [5.41, 5.74) is 4.89. The third-order valence-electron chi connectivity index (χ3n) is 10.4. The minimum absolute atomic E-state index is 0.0850. The predicted molar refractivity (Wildman–Crippen MR) is 209 cm³/mol. The lowest BCUT2D eigenvalue weighted by Crippen LogP contribution is -2.34. The van der Waals surface area contributed by atoms with E-state index in [2.05, 4.69) is 10.6 Å². The maximum absolute atomic E-state index is 13.9. The summed E-state index contributed by atoms with van der Waals surface area (Å²) in [5.74, 6) is -2.55. The number of fused-ring (bicyclic) bond motifs is 1. The molecule has 3 aromatic carbocycles. The molecule has 11 heteroatoms. The van der Waals surface area contributed by atoms with Crippen molar-refractivity contribution in [2.24, 2.45) is 5.41 Å². The lowest BCUT2D eigenvalue weighted by molar-refractivity contribution is -0.147. The normalized spacial score (nSPS) is 13.8. The lowest BCUT2D eigenvalue weighted by atomic mass is 9.88. The Hall–Kier alpha value is -5.29. The minimum Gasteiger partial charge on any atom is -0.481 e. The van der Waals surface area contributed by atoms with Crippen molar-refractivity contribution >= 4 is 51.7 Å². The molecule has 4 N–H and O–H groups in total. The summed E-state index contributed by atoms with van der Waals surface area (Å²) in [6.07, 6.45) is 8.39. The summed E-state index contributed by atoms with van der Waals surface area (Å²) in [6.45, 7) is 3.59. The molecule has 1 fully saturated rings. The van der Waals surface area contributed by atoms with E-state index in [0.717, 1.165) is 84.9 Å². The standard InChI is InChI=1S/C43H47N3O7S/c1-43(2,42(52)53)24-23-36(47)46(33-21-22-33)26-29-9-6-10-31(25-29)38(48)45-40-37(34-11-3-4-12-35(34)54-40)39(49)44-32-19-15-28(16-20-32)8-5-7-27-13-17-30(18-14-27)41(50)51/h6,9-10,13-20,25,33H,3-5,7-8,11-12,21-24,26H2,1-2H3,(H,44,49)(H,45,48)(H,50,51)(H,52,53). The van der Waals surface area contributed by atoms with Gasteiger partial charge in [-0.1, -0.05) is 36.4 Å². The number of aliphatic carboxylic acids is 1. The molecule has 1 saturated carbocycles. The number of amides is 3. The number of benzene rings is 3. The molecule has 0 atom stereocenters. The van der Waals surface area contributed by atoms with E-state index in [1.165, 1.54) is 11.3 Å². The summed E-state index contributed by atoms with van der Waals surface area (Å²) < 4.78 is 0. The topological polar surface area (TPSA) is 153 Å². The summed E-state index contributed by atoms with van der Waals surface area (Å²) in [5, 5.41) is 25.2. The van der Waals surface area contributed by atoms with Gasteiger partial charge in [-0.3, -0.25) is 19.2 Å². The second kappa shape index (κ2) is 16.8. The zero-order chi connectivity index (χ0) is 38.4. The van der Waals surface area contributed by atoms with Crippen LogP contribution in [0.2, 0.25) is 0 Å². The van der Waals surface area contributed by atoms with Crippen molar-refractivity contribution in [3.05, 3.63) is 117 Å². The number of nitrogens with zero attached hydrogens (tertiary/aromatic N) is 1. The predicted octanol–water partition coefficient (Wildman–Crippen LogP) is 8.39. The highest BCUT2D eigenvalue weighted by molar-refractivity contribution is 7.17. The number of nitrogens with one attached hydrogen (secondary N) is 2. The van der Waals surface area contributed by atoms with Crippen LogP contribution in [0.25, 0.3) is 0 Å². The molecule has 0 saturated heterocycles. The van der Waals surface area contributed by atoms with Crippen LogP contribution in [-0.4, -0.2) is 50.8 Å². The van der Waals surface area contributed by atoms with Crippen molar-refractivity contribution in [3.8, 4) is 0 Å². The van der Waals surface area contributed by atoms with Gasteiger partial charge in [-0.25, -0.2) is 4.79 Å². The van der Waals surface area contributed by atoms with Crippen LogP contribution in [0.15, 0.2) is 72.8 Å². The number of aromatic carboxylic acids is 1. The van der Waals surface area contributed by atoms with Crippen LogP contribution in [0.3, 0.4) is 0 Å². The Labute approximate surface area is 319 Å². The number of anilines is 2. The summed E-state index contributed by atoms with van der Waals surface area (Å²) in [4.78, 5) is 66.4. The molecular formula is C43H47N3O7S. The van der Waals surface area contributed by atoms with Crippen molar-refractivity contribution in [1.82, 2.24) is 4.90 Å². The second-order valence-corrected chi connectivity index (χ2v) is 16.1. The maximum Gasteiger partial charge on any atom is 0.335 e. The highest BCUT2D eigenvalue weighted by Crippen LogP contribution is 2.39. The van der Waals surface area contributed by atoms with Crippen molar-refractivity contribution in [2.75, 3.05) is 10.6 Å². The largest absolute Gasteiger partial charge is 0.481 e. The van der Waals surface area contributed by atoms with Crippen LogP contribution in [0.1, 0.15) is 117 Å². The van der Waals surface area contributed by atoms with Gasteiger partial charge < -0.3 is 25.7 Å². The van der Waals surface area contributed by atoms with Gasteiger partial charge >= 0.3 is 11.9 Å². The van der Waals surface area contributed by atoms with Gasteiger partial charge in [0, 0.05) is 35.1 Å². The molecule has 54 heavy (non-hydrogen) atoms. The number of carboxylic acid groups (broad SMARTS) is 2. The van der Waals surface area contributed by atoms with Gasteiger partial charge in [0.1, 0.15) is 5.00 Å². The molecule has 0 radical (unpaired) electrons. The Morgan fingerprint density at radius 3 is 2.11 bits per heavy atom. The van der Waals surface area contributed by atoms with E-state index >= 15 is 0 Å². The van der Waals surface area contributed by atoms with Gasteiger partial charge in [-0.15, -0.1) is 11.3 Å². The van der Waals surface area contributed by atoms with Crippen LogP contribution in [-0.2, 0) is 41.8 Å². The average molecular weight is 750 g/mol. The molecule has 1 aromatic heterocycles. The molecule has 10 nitrogen and oxygen atoms in total. The molecule has 282 valence electrons. The monoisotopic (exact) mass is 749 g/mol. The third-order valence-corrected chi connectivity index (χ3v) is 11.6. The first-order valence-electron chi connectivity index (χ1n) is 18.7. The van der Waals surface area contributed by atoms with E-state index in [1.54, 1.807) is 44.2 Å². The van der Waals surface area contributed by atoms with E-state index < -0.39 is 17.4 Å². The van der Waals surface area contributed by atoms with Crippen LogP contribution >= 0.6 is 11.3 Å². The zero-order valence-corrected chi connectivity index (χ0v) is 31.6. The molecule has 4 aromatic rings. The van der Waals surface area contributed by atoms with Crippen LogP contribution in [0, 0.1) is 5.41 Å². The average Bonchev–Trinajstić information content (AvgIpc) is 3.93. The summed E-state index contributed by atoms with van der Waals surface area (Å²) in [6, 6.07) is 22.0. The quantitative estimate of drug-likeness (QED) is 0.0898. The van der Waals surface area contributed by atoms with E-state index in [4.69, 9.17) is 5.11 Å². The molecule has 1 heterocycles. The molecule has 0 bridgehead atoms. The number of hydrogen-bond donors (Lipinski definition) is 4. The highest BCUT2D eigenvalue weighted by Gasteiger charge is 2.35. The van der Waals surface area contributed by atoms with Crippen LogP contribution < -0.4 is 10.6 Å². The Bertz CT molecular complexity index is 2030. The molecule has 6 rings (SSSR count). The molecule has 0 unspecified atom stereocenters. The van der Waals surface area contributed by atoms with Crippen molar-refractivity contribution in [1.29, 1.82) is 0 Å². The molecule has 2 aliphatic rings. The molecule has 2 aliphatic carbocycles. The SMILES string of the molecule is CC(C)(CCC(=O)N(Cc1cccc(C(=O)Nc2sc3c(c2C(=O)Nc2ccc(CCCc4ccc(C(=O)O)cc4)cc2)CCCC3)c1)C1CC1)C(=O)O. The number of carbonyl (C=O) groups excluding carboxylic acids is 3.